The number of hydrogen-bond donors (Lipinski definition) is 0. The fourth-order valence-electron chi connectivity index (χ4n) is 3.07. The number of carbonyl (C=O) groups excluding carboxylic acids is 4. The predicted molar refractivity (Wildman–Crippen MR) is 111 cm³/mol. The van der Waals surface area contributed by atoms with E-state index in [2.05, 4.69) is 0 Å². The van der Waals surface area contributed by atoms with Crippen LogP contribution in [0.3, 0.4) is 0 Å². The topological polar surface area (TPSA) is 124 Å². The molecule has 1 aromatic rings. The molecule has 0 aromatic heterocycles. The van der Waals surface area contributed by atoms with Crippen molar-refractivity contribution in [2.45, 2.75) is 62.4 Å². The van der Waals surface area contributed by atoms with Crippen LogP contribution in [0.1, 0.15) is 27.7 Å². The van der Waals surface area contributed by atoms with Crippen LogP contribution in [0.25, 0.3) is 0 Å². The van der Waals surface area contributed by atoms with Gasteiger partial charge in [0.15, 0.2) is 18.3 Å². The minimum absolute atomic E-state index is 0.266. The second-order valence-electron chi connectivity index (χ2n) is 6.86. The van der Waals surface area contributed by atoms with Gasteiger partial charge in [0.2, 0.25) is 0 Å². The van der Waals surface area contributed by atoms with Crippen molar-refractivity contribution in [3.63, 3.8) is 0 Å². The van der Waals surface area contributed by atoms with Gasteiger partial charge in [0, 0.05) is 32.6 Å². The lowest BCUT2D eigenvalue weighted by atomic mass is 9.99. The van der Waals surface area contributed by atoms with Gasteiger partial charge in [-0.1, -0.05) is 11.8 Å². The van der Waals surface area contributed by atoms with E-state index in [9.17, 15) is 19.2 Å². The molecular weight excluding hydrogens is 444 g/mol. The highest BCUT2D eigenvalue weighted by atomic mass is 32.2. The Hall–Kier alpha value is -2.79. The van der Waals surface area contributed by atoms with Gasteiger partial charge in [-0.2, -0.15) is 0 Å². The maximum absolute atomic E-state index is 11.8. The molecule has 32 heavy (non-hydrogen) atoms. The van der Waals surface area contributed by atoms with E-state index in [1.165, 1.54) is 39.5 Å². The van der Waals surface area contributed by atoms with Gasteiger partial charge in [-0.15, -0.1) is 0 Å². The summed E-state index contributed by atoms with van der Waals surface area (Å²) in [4.78, 5) is 47.5. The van der Waals surface area contributed by atoms with Gasteiger partial charge in [0.25, 0.3) is 0 Å². The lowest BCUT2D eigenvalue weighted by Crippen LogP contribution is -2.61. The number of thioether (sulfide) groups is 1. The summed E-state index contributed by atoms with van der Waals surface area (Å²) >= 11 is 1.20. The summed E-state index contributed by atoms with van der Waals surface area (Å²) in [5, 5.41) is 0. The zero-order chi connectivity index (χ0) is 23.8. The smallest absolute Gasteiger partial charge is 0.303 e. The first-order valence-corrected chi connectivity index (χ1v) is 10.6. The standard InChI is InChI=1S/C21H26O10S/c1-11(22)27-10-17-18(28-12(2)23)19(29-13(3)24)20(30-14(4)25)21(31-17)32-16-8-6-15(26-5)7-9-16/h6-9,17-21H,10H2,1-5H3/t17-,18+,19+,20-,21+/m1/s1. The molecule has 0 spiro atoms. The van der Waals surface area contributed by atoms with Gasteiger partial charge in [0.05, 0.1) is 7.11 Å². The van der Waals surface area contributed by atoms with Gasteiger partial charge < -0.3 is 28.4 Å². The van der Waals surface area contributed by atoms with E-state index in [4.69, 9.17) is 28.4 Å². The summed E-state index contributed by atoms with van der Waals surface area (Å²) in [6.07, 6.45) is -4.45. The molecule has 0 unspecified atom stereocenters. The molecule has 1 fully saturated rings. The molecule has 1 aromatic carbocycles. The van der Waals surface area contributed by atoms with Crippen LogP contribution < -0.4 is 4.74 Å². The second kappa shape index (κ2) is 11.7. The number of ether oxygens (including phenoxy) is 6. The number of rotatable bonds is 8. The molecule has 0 N–H and O–H groups in total. The first-order chi connectivity index (χ1) is 15.1. The minimum atomic E-state index is -1.19. The first kappa shape index (κ1) is 25.5. The van der Waals surface area contributed by atoms with Crippen LogP contribution in [0.2, 0.25) is 0 Å². The predicted octanol–water partition coefficient (Wildman–Crippen LogP) is 1.87. The van der Waals surface area contributed by atoms with Crippen LogP contribution in [0, 0.1) is 0 Å². The van der Waals surface area contributed by atoms with Gasteiger partial charge in [0.1, 0.15) is 23.9 Å². The van der Waals surface area contributed by atoms with Gasteiger partial charge >= 0.3 is 23.9 Å². The summed E-state index contributed by atoms with van der Waals surface area (Å²) in [6, 6.07) is 7.04. The largest absolute Gasteiger partial charge is 0.497 e. The van der Waals surface area contributed by atoms with Crippen molar-refractivity contribution in [1.82, 2.24) is 0 Å². The summed E-state index contributed by atoms with van der Waals surface area (Å²) in [5.74, 6) is -1.91. The molecule has 5 atom stereocenters. The van der Waals surface area contributed by atoms with E-state index < -0.39 is 53.7 Å². The van der Waals surface area contributed by atoms with Gasteiger partial charge in [-0.3, -0.25) is 19.2 Å². The number of benzene rings is 1. The monoisotopic (exact) mass is 470 g/mol. The molecule has 1 aliphatic rings. The number of carbonyl (C=O) groups is 4. The highest BCUT2D eigenvalue weighted by Crippen LogP contribution is 2.38. The van der Waals surface area contributed by atoms with Crippen molar-refractivity contribution in [3.8, 4) is 5.75 Å². The van der Waals surface area contributed by atoms with Crippen molar-refractivity contribution in [3.05, 3.63) is 24.3 Å². The van der Waals surface area contributed by atoms with Gasteiger partial charge in [-0.05, 0) is 24.3 Å². The van der Waals surface area contributed by atoms with Crippen LogP contribution in [-0.4, -0.2) is 67.4 Å². The third kappa shape index (κ3) is 7.41. The maximum atomic E-state index is 11.8. The normalized spacial score (nSPS) is 24.7. The second-order valence-corrected chi connectivity index (χ2v) is 8.03. The summed E-state index contributed by atoms with van der Waals surface area (Å²) in [7, 11) is 1.54. The Morgan fingerprint density at radius 2 is 1.34 bits per heavy atom. The highest BCUT2D eigenvalue weighted by molar-refractivity contribution is 7.99. The van der Waals surface area contributed by atoms with Crippen molar-refractivity contribution in [1.29, 1.82) is 0 Å². The van der Waals surface area contributed by atoms with E-state index in [1.807, 2.05) is 0 Å². The molecule has 1 saturated heterocycles. The lowest BCUT2D eigenvalue weighted by Gasteiger charge is -2.44. The molecule has 1 aliphatic heterocycles. The van der Waals surface area contributed by atoms with Crippen molar-refractivity contribution in [2.24, 2.45) is 0 Å². The first-order valence-electron chi connectivity index (χ1n) is 9.72. The van der Waals surface area contributed by atoms with Crippen molar-refractivity contribution < 1.29 is 47.6 Å². The Balaban J connectivity index is 2.42. The molecule has 0 bridgehead atoms. The number of hydrogen-bond acceptors (Lipinski definition) is 11. The van der Waals surface area contributed by atoms with Crippen LogP contribution in [0.4, 0.5) is 0 Å². The van der Waals surface area contributed by atoms with Crippen molar-refractivity contribution in [2.75, 3.05) is 13.7 Å². The molecule has 11 heteroatoms. The Labute approximate surface area is 189 Å². The third-order valence-corrected chi connectivity index (χ3v) is 5.42. The molecule has 0 amide bonds. The number of methoxy groups -OCH3 is 1. The molecular formula is C21H26O10S. The Morgan fingerprint density at radius 1 is 0.812 bits per heavy atom. The SMILES string of the molecule is COc1ccc(S[C@@H]2O[C@H](COC(C)=O)[C@H](OC(C)=O)[C@H](OC(C)=O)[C@H]2OC(C)=O)cc1. The fourth-order valence-corrected chi connectivity index (χ4v) is 4.18. The molecule has 10 nitrogen and oxygen atoms in total. The zero-order valence-corrected chi connectivity index (χ0v) is 19.2. The van der Waals surface area contributed by atoms with Crippen LogP contribution >= 0.6 is 11.8 Å². The minimum Gasteiger partial charge on any atom is -0.497 e. The Bertz CT molecular complexity index is 824. The summed E-state index contributed by atoms with van der Waals surface area (Å²) < 4.78 is 32.4. The van der Waals surface area contributed by atoms with E-state index in [-0.39, 0.29) is 6.61 Å². The summed E-state index contributed by atoms with van der Waals surface area (Å²) in [6.45, 7) is 4.51. The molecule has 0 saturated carbocycles. The lowest BCUT2D eigenvalue weighted by molar-refractivity contribution is -0.237. The molecule has 0 radical (unpaired) electrons. The van der Waals surface area contributed by atoms with Gasteiger partial charge in [-0.25, -0.2) is 0 Å². The van der Waals surface area contributed by atoms with Crippen LogP contribution in [-0.2, 0) is 42.9 Å². The van der Waals surface area contributed by atoms with Crippen molar-refractivity contribution >= 4 is 35.6 Å². The third-order valence-electron chi connectivity index (χ3n) is 4.26. The average Bonchev–Trinajstić information content (AvgIpc) is 2.70. The molecule has 1 heterocycles. The van der Waals surface area contributed by atoms with Crippen LogP contribution in [0.15, 0.2) is 29.2 Å². The molecule has 2 rings (SSSR count). The Kier molecular flexibility index (Phi) is 9.33. The fraction of sp³-hybridized carbons (Fsp3) is 0.524. The van der Waals surface area contributed by atoms with E-state index >= 15 is 0 Å². The molecule has 176 valence electrons. The van der Waals surface area contributed by atoms with Crippen LogP contribution in [0.5, 0.6) is 5.75 Å². The quantitative estimate of drug-likeness (QED) is 0.408. The summed E-state index contributed by atoms with van der Waals surface area (Å²) in [5.41, 5.74) is -0.871. The van der Waals surface area contributed by atoms with E-state index in [1.54, 1.807) is 31.4 Å². The van der Waals surface area contributed by atoms with E-state index in [0.717, 1.165) is 4.90 Å². The highest BCUT2D eigenvalue weighted by Gasteiger charge is 2.52. The maximum Gasteiger partial charge on any atom is 0.303 e. The average molecular weight is 470 g/mol. The van der Waals surface area contributed by atoms with E-state index in [0.29, 0.717) is 5.75 Å². The Morgan fingerprint density at radius 3 is 1.84 bits per heavy atom. The zero-order valence-electron chi connectivity index (χ0n) is 18.4. The molecule has 0 aliphatic carbocycles. The number of esters is 4.